The lowest BCUT2D eigenvalue weighted by molar-refractivity contribution is 0.0567. The molecule has 0 radical (unpaired) electrons. The van der Waals surface area contributed by atoms with Crippen LogP contribution in [-0.4, -0.2) is 51.3 Å². The maximum atomic E-state index is 11.8. The summed E-state index contributed by atoms with van der Waals surface area (Å²) < 4.78 is 15.8. The molecule has 0 aliphatic carbocycles. The van der Waals surface area contributed by atoms with Crippen LogP contribution in [0, 0.1) is 0 Å². The van der Waals surface area contributed by atoms with Gasteiger partial charge in [-0.2, -0.15) is 0 Å². The highest BCUT2D eigenvalue weighted by Gasteiger charge is 2.22. The number of fused-ring (bicyclic) bond motifs is 1. The maximum Gasteiger partial charge on any atom is 0.373 e. The number of esters is 1. The average molecular weight is 369 g/mol. The van der Waals surface area contributed by atoms with Gasteiger partial charge in [-0.1, -0.05) is 6.07 Å². The maximum absolute atomic E-state index is 11.8. The van der Waals surface area contributed by atoms with Crippen LogP contribution >= 0.6 is 12.4 Å². The lowest BCUT2D eigenvalue weighted by atomic mass is 10.0. The molecular weight excluding hydrogens is 344 g/mol. The summed E-state index contributed by atoms with van der Waals surface area (Å²) in [4.78, 5) is 14.2. The standard InChI is InChI=1S/C18H24N2O4.ClH/c1-19-13-5-4-8-20(11-13)10-12-6-7-15(22-2)17-14(12)9-16(24-17)18(21)23-3;/h6-7,9,13,19H,4-5,8,10-11H2,1-3H3;1H. The number of hydrogen-bond acceptors (Lipinski definition) is 6. The molecule has 138 valence electrons. The normalized spacial score (nSPS) is 18.0. The SMILES string of the molecule is CNC1CCCN(Cc2ccc(OC)c3oc(C(=O)OC)cc23)C1.Cl. The predicted molar refractivity (Wildman–Crippen MR) is 98.7 cm³/mol. The van der Waals surface area contributed by atoms with Gasteiger partial charge in [-0.3, -0.25) is 4.90 Å². The number of halogens is 1. The van der Waals surface area contributed by atoms with E-state index in [1.54, 1.807) is 13.2 Å². The zero-order valence-electron chi connectivity index (χ0n) is 14.8. The van der Waals surface area contributed by atoms with Crippen LogP contribution in [0.3, 0.4) is 0 Å². The Morgan fingerprint density at radius 1 is 1.40 bits per heavy atom. The Balaban J connectivity index is 0.00000225. The van der Waals surface area contributed by atoms with Crippen molar-refractivity contribution in [2.45, 2.75) is 25.4 Å². The van der Waals surface area contributed by atoms with E-state index in [1.165, 1.54) is 20.0 Å². The van der Waals surface area contributed by atoms with Gasteiger partial charge in [0, 0.05) is 24.5 Å². The van der Waals surface area contributed by atoms with E-state index in [2.05, 4.69) is 10.2 Å². The lowest BCUT2D eigenvalue weighted by Gasteiger charge is -2.32. The largest absolute Gasteiger partial charge is 0.493 e. The predicted octanol–water partition coefficient (Wildman–Crippen LogP) is 2.83. The fraction of sp³-hybridized carbons (Fsp3) is 0.500. The van der Waals surface area contributed by atoms with E-state index in [1.807, 2.05) is 19.2 Å². The molecule has 0 bridgehead atoms. The summed E-state index contributed by atoms with van der Waals surface area (Å²) in [6.07, 6.45) is 2.40. The molecular formula is C18H25ClN2O4. The molecule has 1 unspecified atom stereocenters. The van der Waals surface area contributed by atoms with E-state index < -0.39 is 5.97 Å². The fourth-order valence-electron chi connectivity index (χ4n) is 3.33. The summed E-state index contributed by atoms with van der Waals surface area (Å²) in [7, 11) is 4.95. The highest BCUT2D eigenvalue weighted by atomic mass is 35.5. The topological polar surface area (TPSA) is 63.9 Å². The van der Waals surface area contributed by atoms with Crippen molar-refractivity contribution < 1.29 is 18.7 Å². The summed E-state index contributed by atoms with van der Waals surface area (Å²) in [6, 6.07) is 6.21. The number of piperidine rings is 1. The van der Waals surface area contributed by atoms with Gasteiger partial charge in [-0.05, 0) is 44.1 Å². The van der Waals surface area contributed by atoms with Crippen LogP contribution in [0.15, 0.2) is 22.6 Å². The highest BCUT2D eigenvalue weighted by molar-refractivity contribution is 5.95. The van der Waals surface area contributed by atoms with Gasteiger partial charge in [0.1, 0.15) is 0 Å². The second-order valence-electron chi connectivity index (χ2n) is 6.13. The van der Waals surface area contributed by atoms with Crippen LogP contribution < -0.4 is 10.1 Å². The van der Waals surface area contributed by atoms with Crippen LogP contribution in [0.4, 0.5) is 0 Å². The Morgan fingerprint density at radius 3 is 2.88 bits per heavy atom. The molecule has 1 aromatic carbocycles. The Morgan fingerprint density at radius 2 is 2.20 bits per heavy atom. The molecule has 2 heterocycles. The molecule has 1 N–H and O–H groups in total. The Kier molecular flexibility index (Phi) is 6.70. The summed E-state index contributed by atoms with van der Waals surface area (Å²) in [5.41, 5.74) is 1.72. The minimum atomic E-state index is -0.479. The van der Waals surface area contributed by atoms with Gasteiger partial charge in [-0.25, -0.2) is 4.79 Å². The molecule has 7 heteroatoms. The Hall–Kier alpha value is -1.76. The quantitative estimate of drug-likeness (QED) is 0.819. The molecule has 2 aromatic rings. The third-order valence-electron chi connectivity index (χ3n) is 4.65. The van der Waals surface area contributed by atoms with Crippen LogP contribution in [0.25, 0.3) is 11.0 Å². The number of rotatable bonds is 5. The third-order valence-corrected chi connectivity index (χ3v) is 4.65. The van der Waals surface area contributed by atoms with E-state index >= 15 is 0 Å². The Labute approximate surface area is 153 Å². The number of likely N-dealkylation sites (N-methyl/N-ethyl adjacent to an activating group) is 1. The van der Waals surface area contributed by atoms with E-state index in [-0.39, 0.29) is 18.2 Å². The molecule has 1 aromatic heterocycles. The first kappa shape index (κ1) is 19.6. The van der Waals surface area contributed by atoms with E-state index in [4.69, 9.17) is 13.9 Å². The van der Waals surface area contributed by atoms with Crippen molar-refractivity contribution in [2.24, 2.45) is 0 Å². The van der Waals surface area contributed by atoms with Crippen LogP contribution in [0.1, 0.15) is 29.0 Å². The van der Waals surface area contributed by atoms with Gasteiger partial charge in [0.25, 0.3) is 0 Å². The van der Waals surface area contributed by atoms with Crippen LogP contribution in [-0.2, 0) is 11.3 Å². The number of methoxy groups -OCH3 is 2. The number of carbonyl (C=O) groups excluding carboxylic acids is 1. The summed E-state index contributed by atoms with van der Waals surface area (Å²) >= 11 is 0. The van der Waals surface area contributed by atoms with Crippen molar-refractivity contribution in [1.82, 2.24) is 10.2 Å². The van der Waals surface area contributed by atoms with Gasteiger partial charge >= 0.3 is 5.97 Å². The minimum absolute atomic E-state index is 0. The monoisotopic (exact) mass is 368 g/mol. The summed E-state index contributed by atoms with van der Waals surface area (Å²) in [6.45, 7) is 2.91. The number of nitrogens with zero attached hydrogens (tertiary/aromatic N) is 1. The molecule has 0 amide bonds. The molecule has 25 heavy (non-hydrogen) atoms. The van der Waals surface area contributed by atoms with Crippen LogP contribution in [0.2, 0.25) is 0 Å². The van der Waals surface area contributed by atoms with E-state index in [0.717, 1.165) is 30.6 Å². The number of nitrogens with one attached hydrogen (secondary N) is 1. The molecule has 1 fully saturated rings. The van der Waals surface area contributed by atoms with Crippen LogP contribution in [0.5, 0.6) is 5.75 Å². The van der Waals surface area contributed by atoms with Crippen molar-refractivity contribution in [2.75, 3.05) is 34.4 Å². The second-order valence-corrected chi connectivity index (χ2v) is 6.13. The molecule has 1 saturated heterocycles. The number of likely N-dealkylation sites (tertiary alicyclic amines) is 1. The number of furan rings is 1. The van der Waals surface area contributed by atoms with E-state index in [0.29, 0.717) is 17.4 Å². The molecule has 1 atom stereocenters. The minimum Gasteiger partial charge on any atom is -0.493 e. The number of carbonyl (C=O) groups is 1. The van der Waals surface area contributed by atoms with Crippen molar-refractivity contribution in [1.29, 1.82) is 0 Å². The van der Waals surface area contributed by atoms with Gasteiger partial charge in [0.15, 0.2) is 11.3 Å². The molecule has 0 spiro atoms. The first-order valence-corrected chi connectivity index (χ1v) is 8.23. The van der Waals surface area contributed by atoms with Crippen molar-refractivity contribution in [3.8, 4) is 5.75 Å². The first-order chi connectivity index (χ1) is 11.7. The fourth-order valence-corrected chi connectivity index (χ4v) is 3.33. The molecule has 6 nitrogen and oxygen atoms in total. The van der Waals surface area contributed by atoms with Gasteiger partial charge < -0.3 is 19.2 Å². The molecule has 3 rings (SSSR count). The zero-order chi connectivity index (χ0) is 17.1. The van der Waals surface area contributed by atoms with Crippen molar-refractivity contribution >= 4 is 29.3 Å². The van der Waals surface area contributed by atoms with Gasteiger partial charge in [0.2, 0.25) is 5.76 Å². The highest BCUT2D eigenvalue weighted by Crippen LogP contribution is 2.32. The molecule has 1 aliphatic rings. The lowest BCUT2D eigenvalue weighted by Crippen LogP contribution is -2.43. The smallest absolute Gasteiger partial charge is 0.373 e. The van der Waals surface area contributed by atoms with E-state index in [9.17, 15) is 4.79 Å². The Bertz CT molecular complexity index is 731. The number of ether oxygens (including phenoxy) is 2. The average Bonchev–Trinajstić information content (AvgIpc) is 3.07. The summed E-state index contributed by atoms with van der Waals surface area (Å²) in [5, 5.41) is 4.26. The number of benzene rings is 1. The van der Waals surface area contributed by atoms with Crippen molar-refractivity contribution in [3.05, 3.63) is 29.5 Å². The second kappa shape index (κ2) is 8.56. The molecule has 0 saturated carbocycles. The van der Waals surface area contributed by atoms with Gasteiger partial charge in [0.05, 0.1) is 14.2 Å². The zero-order valence-corrected chi connectivity index (χ0v) is 15.6. The number of hydrogen-bond donors (Lipinski definition) is 1. The molecule has 1 aliphatic heterocycles. The summed E-state index contributed by atoms with van der Waals surface area (Å²) in [5.74, 6) is 0.341. The third kappa shape index (κ3) is 4.08. The first-order valence-electron chi connectivity index (χ1n) is 8.23. The van der Waals surface area contributed by atoms with Gasteiger partial charge in [-0.15, -0.1) is 12.4 Å². The van der Waals surface area contributed by atoms with Crippen molar-refractivity contribution in [3.63, 3.8) is 0 Å².